The van der Waals surface area contributed by atoms with Crippen LogP contribution in [0.3, 0.4) is 0 Å². The Morgan fingerprint density at radius 1 is 1.21 bits per heavy atom. The van der Waals surface area contributed by atoms with Crippen molar-refractivity contribution in [3.05, 3.63) is 64.7 Å². The van der Waals surface area contributed by atoms with Gasteiger partial charge in [0.2, 0.25) is 5.91 Å². The van der Waals surface area contributed by atoms with E-state index in [0.717, 1.165) is 16.7 Å². The molecule has 0 bridgehead atoms. The number of para-hydroxylation sites is 1. The van der Waals surface area contributed by atoms with Gasteiger partial charge >= 0.3 is 0 Å². The van der Waals surface area contributed by atoms with Crippen LogP contribution in [-0.4, -0.2) is 18.0 Å². The van der Waals surface area contributed by atoms with Crippen LogP contribution < -0.4 is 10.1 Å². The molecule has 3 rings (SSSR count). The summed E-state index contributed by atoms with van der Waals surface area (Å²) in [5, 5.41) is 13.7. The Kier molecular flexibility index (Phi) is 5.87. The van der Waals surface area contributed by atoms with E-state index in [1.54, 1.807) is 13.2 Å². The molecule has 0 fully saturated rings. The summed E-state index contributed by atoms with van der Waals surface area (Å²) in [5.41, 5.74) is 3.85. The monoisotopic (exact) mass is 389 g/mol. The van der Waals surface area contributed by atoms with Gasteiger partial charge in [-0.2, -0.15) is 5.26 Å². The second kappa shape index (κ2) is 8.51. The van der Waals surface area contributed by atoms with Crippen molar-refractivity contribution in [2.24, 2.45) is 0 Å². The van der Waals surface area contributed by atoms with Crippen LogP contribution in [0.5, 0.6) is 5.75 Å². The van der Waals surface area contributed by atoms with E-state index in [4.69, 9.17) is 4.74 Å². The number of methoxy groups -OCH3 is 1. The van der Waals surface area contributed by atoms with Gasteiger partial charge < -0.3 is 10.1 Å². The molecule has 0 unspecified atom stereocenters. The standard InChI is InChI=1S/C22H19N3O2S/c1-14-8-10-16(11-9-14)20-22(24-15(2)26)28-21(25-20)18(13-23)12-17-6-4-5-7-19(17)27-3/h4-12H,1-3H3,(H,24,26). The molecule has 6 heteroatoms. The maximum atomic E-state index is 11.6. The summed E-state index contributed by atoms with van der Waals surface area (Å²) in [6.07, 6.45) is 1.74. The highest BCUT2D eigenvalue weighted by molar-refractivity contribution is 7.17. The minimum atomic E-state index is -0.184. The molecule has 5 nitrogen and oxygen atoms in total. The number of aromatic nitrogens is 1. The average molecular weight is 389 g/mol. The molecule has 1 heterocycles. The smallest absolute Gasteiger partial charge is 0.221 e. The molecule has 1 N–H and O–H groups in total. The quantitative estimate of drug-likeness (QED) is 0.612. The molecule has 2 aromatic carbocycles. The first-order valence-electron chi connectivity index (χ1n) is 8.62. The number of carbonyl (C=O) groups is 1. The molecule has 0 atom stereocenters. The van der Waals surface area contributed by atoms with Gasteiger partial charge in [0, 0.05) is 18.1 Å². The second-order valence-corrected chi connectivity index (χ2v) is 7.15. The molecule has 0 aliphatic rings. The number of thiazole rings is 1. The number of carbonyl (C=O) groups excluding carboxylic acids is 1. The number of hydrogen-bond donors (Lipinski definition) is 1. The molecule has 0 spiro atoms. The zero-order valence-electron chi connectivity index (χ0n) is 15.8. The van der Waals surface area contributed by atoms with Crippen molar-refractivity contribution in [1.82, 2.24) is 4.98 Å². The Hall–Kier alpha value is -3.43. The number of allylic oxidation sites excluding steroid dienone is 1. The minimum Gasteiger partial charge on any atom is -0.496 e. The number of nitrogens with zero attached hydrogens (tertiary/aromatic N) is 2. The maximum absolute atomic E-state index is 11.6. The molecule has 140 valence electrons. The van der Waals surface area contributed by atoms with E-state index in [1.807, 2.05) is 55.5 Å². The van der Waals surface area contributed by atoms with Crippen LogP contribution in [0.1, 0.15) is 23.1 Å². The van der Waals surface area contributed by atoms with Crippen molar-refractivity contribution < 1.29 is 9.53 Å². The van der Waals surface area contributed by atoms with Crippen LogP contribution in [0.15, 0.2) is 48.5 Å². The van der Waals surface area contributed by atoms with Gasteiger partial charge in [0.15, 0.2) is 0 Å². The van der Waals surface area contributed by atoms with E-state index in [1.165, 1.54) is 18.3 Å². The number of rotatable bonds is 5. The third-order valence-electron chi connectivity index (χ3n) is 4.03. The molecule has 0 radical (unpaired) electrons. The number of aryl methyl sites for hydroxylation is 1. The first-order chi connectivity index (χ1) is 13.5. The Bertz CT molecular complexity index is 1080. The third kappa shape index (κ3) is 4.27. The van der Waals surface area contributed by atoms with Crippen molar-refractivity contribution in [2.75, 3.05) is 12.4 Å². The fourth-order valence-corrected chi connectivity index (χ4v) is 3.67. The summed E-state index contributed by atoms with van der Waals surface area (Å²) in [7, 11) is 1.59. The molecular weight excluding hydrogens is 370 g/mol. The molecule has 0 saturated heterocycles. The molecule has 28 heavy (non-hydrogen) atoms. The summed E-state index contributed by atoms with van der Waals surface area (Å²) >= 11 is 1.28. The number of nitrogens with one attached hydrogen (secondary N) is 1. The summed E-state index contributed by atoms with van der Waals surface area (Å²) < 4.78 is 5.36. The second-order valence-electron chi connectivity index (χ2n) is 6.16. The van der Waals surface area contributed by atoms with Crippen LogP contribution in [0.2, 0.25) is 0 Å². The van der Waals surface area contributed by atoms with E-state index in [2.05, 4.69) is 16.4 Å². The van der Waals surface area contributed by atoms with E-state index in [-0.39, 0.29) is 5.91 Å². The third-order valence-corrected chi connectivity index (χ3v) is 5.04. The van der Waals surface area contributed by atoms with Gasteiger partial charge in [-0.15, -0.1) is 0 Å². The van der Waals surface area contributed by atoms with E-state index in [9.17, 15) is 10.1 Å². The summed E-state index contributed by atoms with van der Waals surface area (Å²) in [5.74, 6) is 0.489. The topological polar surface area (TPSA) is 75.0 Å². The highest BCUT2D eigenvalue weighted by Gasteiger charge is 2.17. The Labute approximate surface area is 167 Å². The zero-order valence-corrected chi connectivity index (χ0v) is 16.6. The lowest BCUT2D eigenvalue weighted by Gasteiger charge is -2.04. The number of benzene rings is 2. The molecule has 0 saturated carbocycles. The number of hydrogen-bond acceptors (Lipinski definition) is 5. The first-order valence-corrected chi connectivity index (χ1v) is 9.44. The van der Waals surface area contributed by atoms with Crippen LogP contribution in [0.25, 0.3) is 22.9 Å². The predicted octanol–water partition coefficient (Wildman–Crippen LogP) is 5.15. The normalized spacial score (nSPS) is 11.0. The van der Waals surface area contributed by atoms with Gasteiger partial charge in [0.25, 0.3) is 0 Å². The fourth-order valence-electron chi connectivity index (χ4n) is 2.67. The summed E-state index contributed by atoms with van der Waals surface area (Å²) in [6, 6.07) is 17.6. The number of nitriles is 1. The van der Waals surface area contributed by atoms with Gasteiger partial charge in [-0.25, -0.2) is 4.98 Å². The maximum Gasteiger partial charge on any atom is 0.221 e. The SMILES string of the molecule is COc1ccccc1C=C(C#N)c1nc(-c2ccc(C)cc2)c(NC(C)=O)s1. The largest absolute Gasteiger partial charge is 0.496 e. The van der Waals surface area contributed by atoms with Gasteiger partial charge in [-0.3, -0.25) is 4.79 Å². The van der Waals surface area contributed by atoms with Crippen molar-refractivity contribution >= 4 is 33.9 Å². The van der Waals surface area contributed by atoms with Gasteiger partial charge in [0.05, 0.1) is 12.7 Å². The molecule has 0 aliphatic heterocycles. The summed E-state index contributed by atoms with van der Waals surface area (Å²) in [4.78, 5) is 16.3. The first kappa shape index (κ1) is 19.3. The lowest BCUT2D eigenvalue weighted by molar-refractivity contribution is -0.114. The highest BCUT2D eigenvalue weighted by Crippen LogP contribution is 2.37. The van der Waals surface area contributed by atoms with Gasteiger partial charge in [-0.1, -0.05) is 59.4 Å². The van der Waals surface area contributed by atoms with Crippen molar-refractivity contribution in [3.63, 3.8) is 0 Å². The Morgan fingerprint density at radius 3 is 2.57 bits per heavy atom. The van der Waals surface area contributed by atoms with Crippen LogP contribution in [-0.2, 0) is 4.79 Å². The average Bonchev–Trinajstić information content (AvgIpc) is 3.09. The Morgan fingerprint density at radius 2 is 1.93 bits per heavy atom. The van der Waals surface area contributed by atoms with Gasteiger partial charge in [-0.05, 0) is 19.1 Å². The minimum absolute atomic E-state index is 0.184. The van der Waals surface area contributed by atoms with Gasteiger partial charge in [0.1, 0.15) is 27.5 Å². The van der Waals surface area contributed by atoms with E-state index in [0.29, 0.717) is 27.0 Å². The fraction of sp³-hybridized carbons (Fsp3) is 0.136. The molecule has 1 amide bonds. The van der Waals surface area contributed by atoms with Crippen LogP contribution in [0.4, 0.5) is 5.00 Å². The van der Waals surface area contributed by atoms with Crippen LogP contribution >= 0.6 is 11.3 Å². The predicted molar refractivity (Wildman–Crippen MR) is 113 cm³/mol. The number of ether oxygens (including phenoxy) is 1. The van der Waals surface area contributed by atoms with Crippen molar-refractivity contribution in [1.29, 1.82) is 5.26 Å². The lowest BCUT2D eigenvalue weighted by Crippen LogP contribution is -2.05. The molecule has 0 aliphatic carbocycles. The highest BCUT2D eigenvalue weighted by atomic mass is 32.1. The zero-order chi connectivity index (χ0) is 20.1. The lowest BCUT2D eigenvalue weighted by atomic mass is 10.1. The number of anilines is 1. The summed E-state index contributed by atoms with van der Waals surface area (Å²) in [6.45, 7) is 3.46. The van der Waals surface area contributed by atoms with Crippen molar-refractivity contribution in [2.45, 2.75) is 13.8 Å². The molecule has 3 aromatic rings. The van der Waals surface area contributed by atoms with Crippen molar-refractivity contribution in [3.8, 4) is 23.1 Å². The molecular formula is C22H19N3O2S. The Balaban J connectivity index is 2.10. The number of amides is 1. The molecule has 1 aromatic heterocycles. The van der Waals surface area contributed by atoms with E-state index >= 15 is 0 Å². The van der Waals surface area contributed by atoms with Crippen LogP contribution in [0, 0.1) is 18.3 Å². The van der Waals surface area contributed by atoms with E-state index < -0.39 is 0 Å².